The van der Waals surface area contributed by atoms with Crippen LogP contribution in [-0.2, 0) is 11.3 Å². The summed E-state index contributed by atoms with van der Waals surface area (Å²) in [6.45, 7) is 0.293. The van der Waals surface area contributed by atoms with Gasteiger partial charge in [-0.1, -0.05) is 12.1 Å². The first-order valence-electron chi connectivity index (χ1n) is 7.53. The third-order valence-corrected chi connectivity index (χ3v) is 3.91. The summed E-state index contributed by atoms with van der Waals surface area (Å²) in [6.07, 6.45) is 0.135. The molecule has 1 aromatic heterocycles. The van der Waals surface area contributed by atoms with Crippen molar-refractivity contribution < 1.29 is 14.3 Å². The lowest BCUT2D eigenvalue weighted by Gasteiger charge is -2.09. The van der Waals surface area contributed by atoms with Gasteiger partial charge in [-0.3, -0.25) is 14.5 Å². The number of nitrogens with one attached hydrogen (secondary N) is 2. The summed E-state index contributed by atoms with van der Waals surface area (Å²) in [7, 11) is 0. The fourth-order valence-electron chi connectivity index (χ4n) is 2.35. The average molecular weight is 358 g/mol. The van der Waals surface area contributed by atoms with Gasteiger partial charge in [-0.15, -0.1) is 0 Å². The first-order chi connectivity index (χ1) is 12.0. The molecule has 0 unspecified atom stereocenters. The standard InChI is InChI=1S/C17H15FN4O2S/c18-12-7-5-11(6-8-12)16-20-21-17(25)22(16)10-9-15(24)19-13-3-1-2-4-14(13)23/h1-8,23H,9-10H2,(H,19,24)(H,21,25). The van der Waals surface area contributed by atoms with E-state index < -0.39 is 0 Å². The van der Waals surface area contributed by atoms with Crippen molar-refractivity contribution in [1.29, 1.82) is 0 Å². The van der Waals surface area contributed by atoms with Gasteiger partial charge in [0.1, 0.15) is 11.6 Å². The predicted molar refractivity (Wildman–Crippen MR) is 94.2 cm³/mol. The fraction of sp³-hybridized carbons (Fsp3) is 0.118. The van der Waals surface area contributed by atoms with Gasteiger partial charge in [-0.25, -0.2) is 4.39 Å². The highest BCUT2D eigenvalue weighted by Gasteiger charge is 2.12. The van der Waals surface area contributed by atoms with Crippen LogP contribution >= 0.6 is 12.2 Å². The molecule has 0 spiro atoms. The van der Waals surface area contributed by atoms with E-state index in [1.54, 1.807) is 34.9 Å². The van der Waals surface area contributed by atoms with Crippen molar-refractivity contribution in [2.24, 2.45) is 0 Å². The zero-order valence-corrected chi connectivity index (χ0v) is 13.9. The number of hydrogen-bond acceptors (Lipinski definition) is 4. The first kappa shape index (κ1) is 16.8. The second kappa shape index (κ2) is 7.27. The molecule has 2 aromatic carbocycles. The number of halogens is 1. The minimum absolute atomic E-state index is 0.00257. The topological polar surface area (TPSA) is 82.9 Å². The number of H-pyrrole nitrogens is 1. The van der Waals surface area contributed by atoms with E-state index in [-0.39, 0.29) is 23.9 Å². The van der Waals surface area contributed by atoms with Crippen LogP contribution in [0.25, 0.3) is 11.4 Å². The Morgan fingerprint density at radius 1 is 1.24 bits per heavy atom. The van der Waals surface area contributed by atoms with Crippen LogP contribution in [0.15, 0.2) is 48.5 Å². The Hall–Kier alpha value is -3.00. The van der Waals surface area contributed by atoms with Crippen LogP contribution in [-0.4, -0.2) is 25.8 Å². The van der Waals surface area contributed by atoms with Gasteiger partial charge < -0.3 is 10.4 Å². The number of carbonyl (C=O) groups excluding carboxylic acids is 1. The van der Waals surface area contributed by atoms with Gasteiger partial charge in [0.15, 0.2) is 10.6 Å². The summed E-state index contributed by atoms with van der Waals surface area (Å²) in [4.78, 5) is 12.1. The maximum absolute atomic E-state index is 13.1. The number of aromatic nitrogens is 3. The molecular weight excluding hydrogens is 343 g/mol. The van der Waals surface area contributed by atoms with E-state index in [0.717, 1.165) is 0 Å². The van der Waals surface area contributed by atoms with E-state index in [9.17, 15) is 14.3 Å². The number of phenolic OH excluding ortho intramolecular Hbond substituents is 1. The lowest BCUT2D eigenvalue weighted by Crippen LogP contribution is -2.15. The van der Waals surface area contributed by atoms with Crippen LogP contribution in [0.2, 0.25) is 0 Å². The molecule has 0 atom stereocenters. The summed E-state index contributed by atoms with van der Waals surface area (Å²) < 4.78 is 15.1. The zero-order valence-electron chi connectivity index (χ0n) is 13.1. The molecule has 0 saturated carbocycles. The summed E-state index contributed by atoms with van der Waals surface area (Å²) in [5.74, 6) is -0.0794. The monoisotopic (exact) mass is 358 g/mol. The van der Waals surface area contributed by atoms with E-state index in [1.165, 1.54) is 18.2 Å². The molecule has 3 N–H and O–H groups in total. The Labute approximate surface area is 147 Å². The first-order valence-corrected chi connectivity index (χ1v) is 7.94. The van der Waals surface area contributed by atoms with Crippen molar-refractivity contribution in [3.63, 3.8) is 0 Å². The molecule has 128 valence electrons. The second-order valence-corrected chi connectivity index (χ2v) is 5.71. The maximum atomic E-state index is 13.1. The van der Waals surface area contributed by atoms with Crippen LogP contribution in [0.5, 0.6) is 5.75 Å². The Kier molecular flexibility index (Phi) is 4.90. The molecule has 1 heterocycles. The number of amides is 1. The Morgan fingerprint density at radius 2 is 1.96 bits per heavy atom. The van der Waals surface area contributed by atoms with E-state index in [2.05, 4.69) is 15.5 Å². The maximum Gasteiger partial charge on any atom is 0.226 e. The van der Waals surface area contributed by atoms with Crippen molar-refractivity contribution in [2.75, 3.05) is 5.32 Å². The number of aromatic hydroxyl groups is 1. The van der Waals surface area contributed by atoms with Gasteiger partial charge in [0.05, 0.1) is 5.69 Å². The van der Waals surface area contributed by atoms with Crippen molar-refractivity contribution >= 4 is 23.8 Å². The number of anilines is 1. The third-order valence-electron chi connectivity index (χ3n) is 3.60. The SMILES string of the molecule is O=C(CCn1c(-c2ccc(F)cc2)n[nH]c1=S)Nc1ccccc1O. The van der Waals surface area contributed by atoms with Gasteiger partial charge in [0, 0.05) is 18.5 Å². The smallest absolute Gasteiger partial charge is 0.226 e. The lowest BCUT2D eigenvalue weighted by atomic mass is 10.2. The molecule has 0 aliphatic heterocycles. The largest absolute Gasteiger partial charge is 0.506 e. The van der Waals surface area contributed by atoms with E-state index >= 15 is 0 Å². The van der Waals surface area contributed by atoms with Gasteiger partial charge in [0.25, 0.3) is 0 Å². The highest BCUT2D eigenvalue weighted by atomic mass is 32.1. The van der Waals surface area contributed by atoms with Crippen LogP contribution in [0.3, 0.4) is 0 Å². The number of hydrogen-bond donors (Lipinski definition) is 3. The zero-order chi connectivity index (χ0) is 17.8. The van der Waals surface area contributed by atoms with Gasteiger partial charge >= 0.3 is 0 Å². The predicted octanol–water partition coefficient (Wildman–Crippen LogP) is 3.48. The number of rotatable bonds is 5. The summed E-state index contributed by atoms with van der Waals surface area (Å²) in [6, 6.07) is 12.4. The minimum atomic E-state index is -0.341. The molecule has 8 heteroatoms. The summed E-state index contributed by atoms with van der Waals surface area (Å²) >= 11 is 5.20. The molecule has 0 radical (unpaired) electrons. The van der Waals surface area contributed by atoms with Crippen molar-refractivity contribution in [1.82, 2.24) is 14.8 Å². The Bertz CT molecular complexity index is 950. The second-order valence-electron chi connectivity index (χ2n) is 5.33. The molecule has 6 nitrogen and oxygen atoms in total. The van der Waals surface area contributed by atoms with Crippen LogP contribution in [0.4, 0.5) is 10.1 Å². The third kappa shape index (κ3) is 3.92. The molecular formula is C17H15FN4O2S. The van der Waals surface area contributed by atoms with Crippen molar-refractivity contribution in [3.8, 4) is 17.1 Å². The lowest BCUT2D eigenvalue weighted by molar-refractivity contribution is -0.116. The van der Waals surface area contributed by atoms with Gasteiger partial charge in [-0.2, -0.15) is 5.10 Å². The Balaban J connectivity index is 1.72. The van der Waals surface area contributed by atoms with Gasteiger partial charge in [0.2, 0.25) is 5.91 Å². The summed E-state index contributed by atoms with van der Waals surface area (Å²) in [5.41, 5.74) is 1.04. The normalized spacial score (nSPS) is 10.6. The number of benzene rings is 2. The van der Waals surface area contributed by atoms with E-state index in [0.29, 0.717) is 28.4 Å². The molecule has 3 aromatic rings. The quantitative estimate of drug-likeness (QED) is 0.482. The molecule has 0 bridgehead atoms. The Morgan fingerprint density at radius 3 is 2.68 bits per heavy atom. The number of para-hydroxylation sites is 2. The minimum Gasteiger partial charge on any atom is -0.506 e. The molecule has 25 heavy (non-hydrogen) atoms. The number of nitrogens with zero attached hydrogens (tertiary/aromatic N) is 2. The van der Waals surface area contributed by atoms with Crippen LogP contribution < -0.4 is 5.32 Å². The molecule has 0 aliphatic carbocycles. The molecule has 3 rings (SSSR count). The van der Waals surface area contributed by atoms with E-state index in [4.69, 9.17) is 12.2 Å². The van der Waals surface area contributed by atoms with Crippen molar-refractivity contribution in [3.05, 3.63) is 59.1 Å². The van der Waals surface area contributed by atoms with Gasteiger partial charge in [-0.05, 0) is 48.6 Å². The highest BCUT2D eigenvalue weighted by molar-refractivity contribution is 7.71. The van der Waals surface area contributed by atoms with Crippen LogP contribution in [0.1, 0.15) is 6.42 Å². The van der Waals surface area contributed by atoms with Crippen LogP contribution in [0, 0.1) is 10.6 Å². The highest BCUT2D eigenvalue weighted by Crippen LogP contribution is 2.22. The molecule has 1 amide bonds. The molecule has 0 fully saturated rings. The average Bonchev–Trinajstić information content (AvgIpc) is 2.96. The number of aromatic amines is 1. The molecule has 0 aliphatic rings. The fourth-order valence-corrected chi connectivity index (χ4v) is 2.57. The van der Waals surface area contributed by atoms with Crippen molar-refractivity contribution in [2.45, 2.75) is 13.0 Å². The number of phenols is 1. The number of carbonyl (C=O) groups is 1. The molecule has 0 saturated heterocycles. The summed E-state index contributed by atoms with van der Waals surface area (Å²) in [5, 5.41) is 19.2. The van der Waals surface area contributed by atoms with E-state index in [1.807, 2.05) is 0 Å².